The summed E-state index contributed by atoms with van der Waals surface area (Å²) < 4.78 is 14.5. The van der Waals surface area contributed by atoms with Gasteiger partial charge in [-0.15, -0.1) is 11.3 Å². The molecule has 0 spiro atoms. The molecule has 4 nitrogen and oxygen atoms in total. The van der Waals surface area contributed by atoms with E-state index in [1.165, 1.54) is 23.5 Å². The first-order chi connectivity index (χ1) is 19.0. The van der Waals surface area contributed by atoms with Gasteiger partial charge in [0.2, 0.25) is 0 Å². The summed E-state index contributed by atoms with van der Waals surface area (Å²) in [7, 11) is 1.61. The number of nitrogens with zero attached hydrogens (tertiary/aromatic N) is 1. The maximum Gasteiger partial charge on any atom is 0.258 e. The fourth-order valence-corrected chi connectivity index (χ4v) is 6.32. The Hall–Kier alpha value is -4.29. The molecule has 0 radical (unpaired) electrons. The predicted molar refractivity (Wildman–Crippen MR) is 157 cm³/mol. The molecule has 6 heteroatoms. The van der Waals surface area contributed by atoms with Gasteiger partial charge in [-0.25, -0.2) is 4.39 Å². The molecule has 194 valence electrons. The molecule has 39 heavy (non-hydrogen) atoms. The molecule has 6 rings (SSSR count). The number of thiophene rings is 1. The van der Waals surface area contributed by atoms with Crippen LogP contribution in [0.25, 0.3) is 31.7 Å². The highest BCUT2D eigenvalue weighted by molar-refractivity contribution is 7.22. The van der Waals surface area contributed by atoms with Gasteiger partial charge >= 0.3 is 0 Å². The average molecular weight is 535 g/mol. The SMILES string of the molecule is CNC(=O)c1c(-c2ccc(F)cc2)sc2ccc(-c3cccc(C(=O)N(c4ccccc4)C4CCC4)c3)cc12. The lowest BCUT2D eigenvalue weighted by molar-refractivity contribution is 0.0957. The predicted octanol–water partition coefficient (Wildman–Crippen LogP) is 7.93. The quantitative estimate of drug-likeness (QED) is 0.240. The molecule has 5 aromatic rings. The number of nitrogens with one attached hydrogen (secondary N) is 1. The van der Waals surface area contributed by atoms with E-state index in [1.54, 1.807) is 19.2 Å². The summed E-state index contributed by atoms with van der Waals surface area (Å²) in [5, 5.41) is 3.58. The monoisotopic (exact) mass is 534 g/mol. The summed E-state index contributed by atoms with van der Waals surface area (Å²) >= 11 is 1.51. The Morgan fingerprint density at radius 1 is 0.846 bits per heavy atom. The van der Waals surface area contributed by atoms with E-state index in [1.807, 2.05) is 77.7 Å². The summed E-state index contributed by atoms with van der Waals surface area (Å²) in [5.74, 6) is -0.518. The molecule has 1 aliphatic carbocycles. The third-order valence-corrected chi connectivity index (χ3v) is 8.60. The van der Waals surface area contributed by atoms with Gasteiger partial charge in [0.15, 0.2) is 0 Å². The van der Waals surface area contributed by atoms with Crippen molar-refractivity contribution in [2.75, 3.05) is 11.9 Å². The largest absolute Gasteiger partial charge is 0.355 e. The van der Waals surface area contributed by atoms with Crippen LogP contribution in [0.3, 0.4) is 0 Å². The van der Waals surface area contributed by atoms with E-state index in [0.29, 0.717) is 11.1 Å². The van der Waals surface area contributed by atoms with Crippen LogP contribution in [-0.2, 0) is 0 Å². The second kappa shape index (κ2) is 10.5. The van der Waals surface area contributed by atoms with E-state index in [9.17, 15) is 14.0 Å². The van der Waals surface area contributed by atoms with Crippen molar-refractivity contribution in [3.05, 3.63) is 114 Å². The summed E-state index contributed by atoms with van der Waals surface area (Å²) in [6.45, 7) is 0. The Balaban J connectivity index is 1.41. The molecule has 0 saturated heterocycles. The van der Waals surface area contributed by atoms with Crippen molar-refractivity contribution in [3.63, 3.8) is 0 Å². The number of carbonyl (C=O) groups excluding carboxylic acids is 2. The number of rotatable bonds is 6. The maximum absolute atomic E-state index is 13.8. The number of hydrogen-bond acceptors (Lipinski definition) is 3. The van der Waals surface area contributed by atoms with Crippen LogP contribution in [-0.4, -0.2) is 24.9 Å². The number of carbonyl (C=O) groups is 2. The van der Waals surface area contributed by atoms with Gasteiger partial charge in [-0.05, 0) is 84.5 Å². The van der Waals surface area contributed by atoms with Crippen molar-refractivity contribution in [2.45, 2.75) is 25.3 Å². The second-order valence-electron chi connectivity index (χ2n) is 9.78. The highest BCUT2D eigenvalue weighted by Gasteiger charge is 2.31. The second-order valence-corrected chi connectivity index (χ2v) is 10.8. The van der Waals surface area contributed by atoms with Crippen LogP contribution in [0.5, 0.6) is 0 Å². The zero-order valence-corrected chi connectivity index (χ0v) is 22.3. The van der Waals surface area contributed by atoms with E-state index in [2.05, 4.69) is 5.32 Å². The molecule has 1 aliphatic rings. The molecule has 1 aromatic heterocycles. The number of fused-ring (bicyclic) bond motifs is 1. The highest BCUT2D eigenvalue weighted by Crippen LogP contribution is 2.40. The normalized spacial score (nSPS) is 13.2. The van der Waals surface area contributed by atoms with Gasteiger partial charge in [-0.3, -0.25) is 9.59 Å². The van der Waals surface area contributed by atoms with Gasteiger partial charge in [-0.2, -0.15) is 0 Å². The summed E-state index contributed by atoms with van der Waals surface area (Å²) in [6.07, 6.45) is 3.15. The maximum atomic E-state index is 13.8. The standard InChI is InChI=1S/C33H27FN2O2S/c1-35-32(37)30-28-20-23(15-18-29(28)39-31(30)21-13-16-25(34)17-14-21)22-7-5-8-24(19-22)33(38)36(27-11-6-12-27)26-9-3-2-4-10-26/h2-5,7-10,13-20,27H,6,11-12H2,1H3,(H,35,37). The molecular weight excluding hydrogens is 507 g/mol. The molecule has 0 aliphatic heterocycles. The van der Waals surface area contributed by atoms with Crippen LogP contribution < -0.4 is 10.2 Å². The Kier molecular flexibility index (Phi) is 6.71. The minimum absolute atomic E-state index is 0.00555. The van der Waals surface area contributed by atoms with Crippen molar-refractivity contribution in [3.8, 4) is 21.6 Å². The minimum Gasteiger partial charge on any atom is -0.355 e. The minimum atomic E-state index is -0.318. The number of halogens is 1. The van der Waals surface area contributed by atoms with Crippen molar-refractivity contribution in [1.82, 2.24) is 5.32 Å². The zero-order chi connectivity index (χ0) is 26.9. The first-order valence-electron chi connectivity index (χ1n) is 13.1. The Bertz CT molecular complexity index is 1670. The third kappa shape index (κ3) is 4.72. The van der Waals surface area contributed by atoms with Crippen LogP contribution in [0.4, 0.5) is 10.1 Å². The van der Waals surface area contributed by atoms with Gasteiger partial charge < -0.3 is 10.2 Å². The smallest absolute Gasteiger partial charge is 0.258 e. The highest BCUT2D eigenvalue weighted by atomic mass is 32.1. The number of benzene rings is 4. The summed E-state index contributed by atoms with van der Waals surface area (Å²) in [5.41, 5.74) is 4.73. The van der Waals surface area contributed by atoms with E-state index in [-0.39, 0.29) is 23.7 Å². The van der Waals surface area contributed by atoms with Gasteiger partial charge in [0.1, 0.15) is 5.82 Å². The number of para-hydroxylation sites is 1. The lowest BCUT2D eigenvalue weighted by atomic mass is 9.90. The topological polar surface area (TPSA) is 49.4 Å². The van der Waals surface area contributed by atoms with Gasteiger partial charge in [0, 0.05) is 39.3 Å². The van der Waals surface area contributed by atoms with Crippen LogP contribution in [0, 0.1) is 5.82 Å². The van der Waals surface area contributed by atoms with Crippen molar-refractivity contribution < 1.29 is 14.0 Å². The van der Waals surface area contributed by atoms with Gasteiger partial charge in [0.25, 0.3) is 11.8 Å². The molecule has 1 N–H and O–H groups in total. The van der Waals surface area contributed by atoms with Crippen LogP contribution in [0.15, 0.2) is 97.1 Å². The molecule has 4 aromatic carbocycles. The van der Waals surface area contributed by atoms with Crippen LogP contribution >= 0.6 is 11.3 Å². The molecule has 0 atom stereocenters. The summed E-state index contributed by atoms with van der Waals surface area (Å²) in [4.78, 5) is 29.5. The lowest BCUT2D eigenvalue weighted by Crippen LogP contribution is -2.44. The van der Waals surface area contributed by atoms with Crippen molar-refractivity contribution >= 4 is 38.9 Å². The van der Waals surface area contributed by atoms with Crippen molar-refractivity contribution in [2.24, 2.45) is 0 Å². The van der Waals surface area contributed by atoms with Crippen LogP contribution in [0.1, 0.15) is 40.0 Å². The average Bonchev–Trinajstić information content (AvgIpc) is 3.34. The molecule has 1 heterocycles. The van der Waals surface area contributed by atoms with E-state index in [4.69, 9.17) is 0 Å². The van der Waals surface area contributed by atoms with Gasteiger partial charge in [0.05, 0.1) is 5.56 Å². The van der Waals surface area contributed by atoms with E-state index in [0.717, 1.165) is 56.6 Å². The molecule has 0 bridgehead atoms. The summed E-state index contributed by atoms with van der Waals surface area (Å²) in [6, 6.07) is 30.0. The Labute approximate surface area is 230 Å². The Morgan fingerprint density at radius 3 is 2.26 bits per heavy atom. The number of hydrogen-bond donors (Lipinski definition) is 1. The van der Waals surface area contributed by atoms with Crippen molar-refractivity contribution in [1.29, 1.82) is 0 Å². The number of amides is 2. The zero-order valence-electron chi connectivity index (χ0n) is 21.5. The van der Waals surface area contributed by atoms with Gasteiger partial charge in [-0.1, -0.05) is 48.5 Å². The molecule has 1 saturated carbocycles. The molecule has 1 fully saturated rings. The van der Waals surface area contributed by atoms with Crippen LogP contribution in [0.2, 0.25) is 0 Å². The Morgan fingerprint density at radius 2 is 1.56 bits per heavy atom. The lowest BCUT2D eigenvalue weighted by Gasteiger charge is -2.37. The number of anilines is 1. The fraction of sp³-hybridized carbons (Fsp3) is 0.152. The van der Waals surface area contributed by atoms with E-state index >= 15 is 0 Å². The molecule has 0 unspecified atom stereocenters. The third-order valence-electron chi connectivity index (χ3n) is 7.38. The molecular formula is C33H27FN2O2S. The fourth-order valence-electron chi connectivity index (χ4n) is 5.13. The molecule has 2 amide bonds. The van der Waals surface area contributed by atoms with E-state index < -0.39 is 0 Å². The first-order valence-corrected chi connectivity index (χ1v) is 13.9. The first kappa shape index (κ1) is 25.0.